The molecule has 3 heteroatoms. The van der Waals surface area contributed by atoms with Crippen molar-refractivity contribution in [2.45, 2.75) is 32.4 Å². The van der Waals surface area contributed by atoms with E-state index >= 15 is 0 Å². The van der Waals surface area contributed by atoms with E-state index in [1.165, 1.54) is 11.1 Å². The summed E-state index contributed by atoms with van der Waals surface area (Å²) in [6, 6.07) is 9.14. The summed E-state index contributed by atoms with van der Waals surface area (Å²) < 4.78 is 0. The quantitative estimate of drug-likeness (QED) is 0.849. The number of aliphatic hydroxyl groups is 1. The molecule has 1 aromatic rings. The summed E-state index contributed by atoms with van der Waals surface area (Å²) in [4.78, 5) is 2.40. The molecule has 18 heavy (non-hydrogen) atoms. The van der Waals surface area contributed by atoms with Crippen molar-refractivity contribution in [1.29, 1.82) is 0 Å². The molecule has 0 saturated carbocycles. The third-order valence-electron chi connectivity index (χ3n) is 3.61. The second kappa shape index (κ2) is 6.32. The van der Waals surface area contributed by atoms with E-state index in [-0.39, 0.29) is 12.6 Å². The van der Waals surface area contributed by atoms with Crippen LogP contribution < -0.4 is 5.32 Å². The summed E-state index contributed by atoms with van der Waals surface area (Å²) in [5, 5.41) is 12.5. The van der Waals surface area contributed by atoms with Crippen LogP contribution >= 0.6 is 0 Å². The van der Waals surface area contributed by atoms with Crippen molar-refractivity contribution in [3.05, 3.63) is 35.4 Å². The summed E-state index contributed by atoms with van der Waals surface area (Å²) in [6.45, 7) is 8.60. The van der Waals surface area contributed by atoms with Crippen molar-refractivity contribution in [3.8, 4) is 0 Å². The Hall–Kier alpha value is -0.900. The summed E-state index contributed by atoms with van der Waals surface area (Å²) in [6.07, 6.45) is 0. The number of piperazine rings is 1. The molecular formula is C15H24N2O. The maximum Gasteiger partial charge on any atom is 0.0597 e. The highest BCUT2D eigenvalue weighted by Crippen LogP contribution is 2.16. The van der Waals surface area contributed by atoms with E-state index in [4.69, 9.17) is 0 Å². The van der Waals surface area contributed by atoms with E-state index in [0.29, 0.717) is 5.92 Å². The molecule has 3 nitrogen and oxygen atoms in total. The Morgan fingerprint density at radius 3 is 2.67 bits per heavy atom. The lowest BCUT2D eigenvalue weighted by Crippen LogP contribution is -2.51. The van der Waals surface area contributed by atoms with Crippen LogP contribution in [-0.4, -0.2) is 42.3 Å². The van der Waals surface area contributed by atoms with Gasteiger partial charge in [0.05, 0.1) is 6.61 Å². The molecule has 0 aromatic heterocycles. The summed E-state index contributed by atoms with van der Waals surface area (Å²) >= 11 is 0. The molecule has 0 spiro atoms. The zero-order valence-electron chi connectivity index (χ0n) is 11.4. The van der Waals surface area contributed by atoms with Gasteiger partial charge in [-0.1, -0.05) is 38.1 Å². The predicted octanol–water partition coefficient (Wildman–Crippen LogP) is 1.58. The molecule has 100 valence electrons. The Labute approximate surface area is 110 Å². The van der Waals surface area contributed by atoms with E-state index < -0.39 is 0 Å². The zero-order valence-corrected chi connectivity index (χ0v) is 11.4. The third-order valence-corrected chi connectivity index (χ3v) is 3.61. The van der Waals surface area contributed by atoms with Crippen LogP contribution in [-0.2, 0) is 6.54 Å². The van der Waals surface area contributed by atoms with Gasteiger partial charge in [0.1, 0.15) is 0 Å². The van der Waals surface area contributed by atoms with E-state index in [2.05, 4.69) is 48.3 Å². The second-order valence-electron chi connectivity index (χ2n) is 5.47. The Kier molecular flexibility index (Phi) is 4.75. The average Bonchev–Trinajstić information content (AvgIpc) is 2.39. The van der Waals surface area contributed by atoms with Crippen molar-refractivity contribution < 1.29 is 5.11 Å². The van der Waals surface area contributed by atoms with Crippen LogP contribution in [0.2, 0.25) is 0 Å². The molecule has 1 aliphatic heterocycles. The van der Waals surface area contributed by atoms with E-state index in [0.717, 1.165) is 26.2 Å². The number of benzene rings is 1. The second-order valence-corrected chi connectivity index (χ2v) is 5.47. The molecule has 1 saturated heterocycles. The van der Waals surface area contributed by atoms with Crippen molar-refractivity contribution in [2.24, 2.45) is 0 Å². The van der Waals surface area contributed by atoms with Gasteiger partial charge >= 0.3 is 0 Å². The van der Waals surface area contributed by atoms with Gasteiger partial charge in [0.15, 0.2) is 0 Å². The van der Waals surface area contributed by atoms with Gasteiger partial charge in [0, 0.05) is 32.2 Å². The van der Waals surface area contributed by atoms with Gasteiger partial charge in [0.25, 0.3) is 0 Å². The van der Waals surface area contributed by atoms with Crippen molar-refractivity contribution in [1.82, 2.24) is 10.2 Å². The normalized spacial score (nSPS) is 21.4. The van der Waals surface area contributed by atoms with Crippen LogP contribution in [0, 0.1) is 0 Å². The van der Waals surface area contributed by atoms with Crippen LogP contribution in [0.1, 0.15) is 30.9 Å². The van der Waals surface area contributed by atoms with Crippen molar-refractivity contribution >= 4 is 0 Å². The van der Waals surface area contributed by atoms with Crippen LogP contribution in [0.4, 0.5) is 0 Å². The topological polar surface area (TPSA) is 35.5 Å². The van der Waals surface area contributed by atoms with Crippen molar-refractivity contribution in [2.75, 3.05) is 26.2 Å². The highest BCUT2D eigenvalue weighted by atomic mass is 16.3. The van der Waals surface area contributed by atoms with E-state index in [9.17, 15) is 5.11 Å². The number of hydrogen-bond donors (Lipinski definition) is 2. The molecule has 0 amide bonds. The zero-order chi connectivity index (χ0) is 13.0. The number of nitrogens with one attached hydrogen (secondary N) is 1. The minimum absolute atomic E-state index is 0.225. The van der Waals surface area contributed by atoms with Gasteiger partial charge < -0.3 is 10.4 Å². The SMILES string of the molecule is CC(C)c1ccc(CN2CCNC(CO)C2)cc1. The van der Waals surface area contributed by atoms with E-state index in [1.807, 2.05) is 0 Å². The standard InChI is InChI=1S/C15H24N2O/c1-12(2)14-5-3-13(4-6-14)9-17-8-7-16-15(10-17)11-18/h3-6,12,15-16,18H,7-11H2,1-2H3. The lowest BCUT2D eigenvalue weighted by Gasteiger charge is -2.32. The Morgan fingerprint density at radius 2 is 2.06 bits per heavy atom. The first-order valence-corrected chi connectivity index (χ1v) is 6.84. The largest absolute Gasteiger partial charge is 0.395 e. The molecule has 1 heterocycles. The maximum absolute atomic E-state index is 9.18. The number of hydrogen-bond acceptors (Lipinski definition) is 3. The van der Waals surface area contributed by atoms with Gasteiger partial charge in [-0.05, 0) is 17.0 Å². The van der Waals surface area contributed by atoms with Gasteiger partial charge in [-0.15, -0.1) is 0 Å². The van der Waals surface area contributed by atoms with Crippen LogP contribution in [0.15, 0.2) is 24.3 Å². The predicted molar refractivity (Wildman–Crippen MR) is 74.7 cm³/mol. The van der Waals surface area contributed by atoms with Gasteiger partial charge in [-0.25, -0.2) is 0 Å². The maximum atomic E-state index is 9.18. The molecule has 1 aliphatic rings. The first-order chi connectivity index (χ1) is 8.69. The number of rotatable bonds is 4. The molecule has 0 bridgehead atoms. The molecule has 0 aliphatic carbocycles. The first kappa shape index (κ1) is 13.5. The lowest BCUT2D eigenvalue weighted by molar-refractivity contribution is 0.143. The molecule has 1 unspecified atom stereocenters. The molecule has 1 fully saturated rings. The van der Waals surface area contributed by atoms with Gasteiger partial charge in [-0.3, -0.25) is 4.90 Å². The summed E-state index contributed by atoms with van der Waals surface area (Å²) in [5.41, 5.74) is 2.75. The van der Waals surface area contributed by atoms with Crippen LogP contribution in [0.25, 0.3) is 0 Å². The monoisotopic (exact) mass is 248 g/mol. The van der Waals surface area contributed by atoms with Crippen LogP contribution in [0.3, 0.4) is 0 Å². The number of nitrogens with zero attached hydrogens (tertiary/aromatic N) is 1. The highest BCUT2D eigenvalue weighted by molar-refractivity contribution is 5.24. The minimum Gasteiger partial charge on any atom is -0.395 e. The van der Waals surface area contributed by atoms with Gasteiger partial charge in [0.2, 0.25) is 0 Å². The Morgan fingerprint density at radius 1 is 1.33 bits per heavy atom. The third kappa shape index (κ3) is 3.55. The fourth-order valence-corrected chi connectivity index (χ4v) is 2.43. The van der Waals surface area contributed by atoms with E-state index in [1.54, 1.807) is 0 Å². The number of aliphatic hydroxyl groups excluding tert-OH is 1. The molecule has 1 atom stereocenters. The first-order valence-electron chi connectivity index (χ1n) is 6.84. The fraction of sp³-hybridized carbons (Fsp3) is 0.600. The van der Waals surface area contributed by atoms with Gasteiger partial charge in [-0.2, -0.15) is 0 Å². The lowest BCUT2D eigenvalue weighted by atomic mass is 10.0. The molecule has 1 aromatic carbocycles. The molecular weight excluding hydrogens is 224 g/mol. The minimum atomic E-state index is 0.225. The molecule has 2 rings (SSSR count). The van der Waals surface area contributed by atoms with Crippen LogP contribution in [0.5, 0.6) is 0 Å². The Bertz CT molecular complexity index is 361. The molecule has 0 radical (unpaired) electrons. The fourth-order valence-electron chi connectivity index (χ4n) is 2.43. The summed E-state index contributed by atoms with van der Waals surface area (Å²) in [5.74, 6) is 0.594. The summed E-state index contributed by atoms with van der Waals surface area (Å²) in [7, 11) is 0. The van der Waals surface area contributed by atoms with Crippen molar-refractivity contribution in [3.63, 3.8) is 0 Å². The highest BCUT2D eigenvalue weighted by Gasteiger charge is 2.18. The smallest absolute Gasteiger partial charge is 0.0597 e. The average molecular weight is 248 g/mol. The Balaban J connectivity index is 1.92. The molecule has 2 N–H and O–H groups in total.